The van der Waals surface area contributed by atoms with Gasteiger partial charge in [0.05, 0.1) is 31.3 Å². The lowest BCUT2D eigenvalue weighted by molar-refractivity contribution is -0.321. The average Bonchev–Trinajstić information content (AvgIpc) is 3.10. The highest BCUT2D eigenvalue weighted by Crippen LogP contribution is 2.44. The number of carbonyl (C=O) groups excluding carboxylic acids is 2. The van der Waals surface area contributed by atoms with Gasteiger partial charge in [-0.15, -0.1) is 0 Å². The number of aliphatic hydroxyl groups is 3. The number of rotatable bonds is 9. The van der Waals surface area contributed by atoms with E-state index in [2.05, 4.69) is 0 Å². The molecule has 1 aromatic carbocycles. The van der Waals surface area contributed by atoms with Crippen molar-refractivity contribution in [1.29, 1.82) is 0 Å². The van der Waals surface area contributed by atoms with Crippen molar-refractivity contribution >= 4 is 11.9 Å². The van der Waals surface area contributed by atoms with Crippen LogP contribution in [0.3, 0.4) is 0 Å². The number of cyclic esters (lactones) is 1. The quantitative estimate of drug-likeness (QED) is 0.190. The van der Waals surface area contributed by atoms with Crippen molar-refractivity contribution in [3.05, 3.63) is 77.6 Å². The summed E-state index contributed by atoms with van der Waals surface area (Å²) in [5.74, 6) is -5.86. The Morgan fingerprint density at radius 2 is 1.67 bits per heavy atom. The molecule has 0 aliphatic carbocycles. The largest absolute Gasteiger partial charge is 0.490 e. The number of esters is 2. The van der Waals surface area contributed by atoms with Crippen LogP contribution in [0.4, 0.5) is 0 Å². The van der Waals surface area contributed by atoms with E-state index in [1.165, 1.54) is 14.2 Å². The molecule has 0 radical (unpaired) electrons. The van der Waals surface area contributed by atoms with Crippen LogP contribution < -0.4 is 4.74 Å². The lowest BCUT2D eigenvalue weighted by Gasteiger charge is -2.50. The summed E-state index contributed by atoms with van der Waals surface area (Å²) in [5.41, 5.74) is 1.75. The molecule has 0 saturated carbocycles. The molecule has 0 unspecified atom stereocenters. The first kappa shape index (κ1) is 43.1. The first-order valence-corrected chi connectivity index (χ1v) is 18.5. The second-order valence-corrected chi connectivity index (χ2v) is 15.3. The maximum absolute atomic E-state index is 13.7. The number of methoxy groups -OCH3 is 2. The van der Waals surface area contributed by atoms with Gasteiger partial charge in [-0.25, -0.2) is 4.79 Å². The molecular weight excluding hydrogens is 664 g/mol. The third-order valence-corrected chi connectivity index (χ3v) is 10.8. The highest BCUT2D eigenvalue weighted by Gasteiger charge is 2.54. The van der Waals surface area contributed by atoms with Gasteiger partial charge in [-0.2, -0.15) is 0 Å². The minimum absolute atomic E-state index is 0.0269. The molecule has 12 atom stereocenters. The van der Waals surface area contributed by atoms with Crippen LogP contribution >= 0.6 is 0 Å². The zero-order valence-electron chi connectivity index (χ0n) is 32.8. The average molecular weight is 727 g/mol. The van der Waals surface area contributed by atoms with E-state index >= 15 is 0 Å². The van der Waals surface area contributed by atoms with Crippen molar-refractivity contribution in [2.24, 2.45) is 41.4 Å². The molecule has 52 heavy (non-hydrogen) atoms. The van der Waals surface area contributed by atoms with Crippen molar-refractivity contribution in [2.75, 3.05) is 14.2 Å². The van der Waals surface area contributed by atoms with E-state index in [0.717, 1.165) is 5.57 Å². The highest BCUT2D eigenvalue weighted by atomic mass is 16.6. The summed E-state index contributed by atoms with van der Waals surface area (Å²) >= 11 is 0. The minimum atomic E-state index is -1.92. The monoisotopic (exact) mass is 726 g/mol. The summed E-state index contributed by atoms with van der Waals surface area (Å²) in [5, 5.41) is 35.2. The Labute approximate surface area is 310 Å². The molecule has 290 valence electrons. The third-order valence-electron chi connectivity index (χ3n) is 10.8. The van der Waals surface area contributed by atoms with Crippen LogP contribution in [0.15, 0.2) is 77.6 Å². The molecule has 1 saturated heterocycles. The molecule has 0 bridgehead atoms. The normalized spacial score (nSPS) is 36.4. The van der Waals surface area contributed by atoms with Gasteiger partial charge in [-0.05, 0) is 56.2 Å². The molecule has 3 N–H and O–H groups in total. The zero-order valence-corrected chi connectivity index (χ0v) is 32.8. The molecule has 3 rings (SSSR count). The molecule has 0 amide bonds. The Kier molecular flexibility index (Phi) is 15.9. The molecule has 10 heteroatoms. The van der Waals surface area contributed by atoms with Gasteiger partial charge < -0.3 is 39.0 Å². The van der Waals surface area contributed by atoms with Gasteiger partial charge in [-0.1, -0.05) is 102 Å². The number of hydrogen-bond donors (Lipinski definition) is 3. The van der Waals surface area contributed by atoms with Crippen LogP contribution in [-0.2, 0) is 28.5 Å². The van der Waals surface area contributed by atoms with Crippen molar-refractivity contribution in [3.8, 4) is 5.75 Å². The molecule has 2 aliphatic rings. The Hall–Kier alpha value is -3.28. The van der Waals surface area contributed by atoms with Gasteiger partial charge >= 0.3 is 11.9 Å². The molecule has 1 fully saturated rings. The summed E-state index contributed by atoms with van der Waals surface area (Å²) in [6.07, 6.45) is 5.25. The summed E-state index contributed by atoms with van der Waals surface area (Å²) in [6.45, 7) is 17.0. The number of hydrogen-bond acceptors (Lipinski definition) is 10. The minimum Gasteiger partial charge on any atom is -0.490 e. The number of ether oxygens (including phenoxy) is 5. The maximum atomic E-state index is 13.7. The smallest absolute Gasteiger partial charge is 0.373 e. The summed E-state index contributed by atoms with van der Waals surface area (Å²) in [6, 6.07) is 8.78. The Morgan fingerprint density at radius 3 is 2.27 bits per heavy atom. The van der Waals surface area contributed by atoms with Crippen LogP contribution in [-0.4, -0.2) is 77.8 Å². The molecule has 10 nitrogen and oxygen atoms in total. The van der Waals surface area contributed by atoms with E-state index in [1.54, 1.807) is 50.3 Å². The summed E-state index contributed by atoms with van der Waals surface area (Å²) < 4.78 is 29.5. The first-order valence-electron chi connectivity index (χ1n) is 18.5. The molecule has 0 spiro atoms. The lowest BCUT2D eigenvalue weighted by Crippen LogP contribution is -2.59. The van der Waals surface area contributed by atoms with Crippen LogP contribution in [0.25, 0.3) is 0 Å². The standard InChI is InChI=1S/C42H62O10/c1-24(2)38-29(7)33(40(45)50-32-17-13-12-14-18-32)23-42(47,52-38)31(9)37(44)30(8)39-34(48-10)19-15-16-25(3)20-27(5)36(43)28(6)21-26(4)22-35(49-11)41(46)51-39/h12-19,21-22,24,27-31,33-34,36-39,43-44,47H,20,23H2,1-11H3/b19-15+,25-16+,26-21+,35-22-/t27-,28+,29-,30-,31-,33+,34-,36-,37+,38+,39+,42+/m0/s1. The Bertz CT molecular complexity index is 1450. The second kappa shape index (κ2) is 19.2. The zero-order chi connectivity index (χ0) is 38.9. The van der Waals surface area contributed by atoms with E-state index < -0.39 is 66.0 Å². The van der Waals surface area contributed by atoms with E-state index in [4.69, 9.17) is 23.7 Å². The third kappa shape index (κ3) is 10.9. The topological polar surface area (TPSA) is 141 Å². The molecule has 1 aromatic rings. The van der Waals surface area contributed by atoms with Crippen molar-refractivity contribution in [2.45, 2.75) is 111 Å². The van der Waals surface area contributed by atoms with Crippen molar-refractivity contribution < 1.29 is 48.6 Å². The summed E-state index contributed by atoms with van der Waals surface area (Å²) in [4.78, 5) is 27.3. The summed E-state index contributed by atoms with van der Waals surface area (Å²) in [7, 11) is 2.86. The number of benzene rings is 1. The van der Waals surface area contributed by atoms with Gasteiger partial charge in [0.2, 0.25) is 5.76 Å². The van der Waals surface area contributed by atoms with Gasteiger partial charge in [0.25, 0.3) is 0 Å². The fourth-order valence-electron chi connectivity index (χ4n) is 7.54. The first-order chi connectivity index (χ1) is 24.4. The number of para-hydroxylation sites is 1. The van der Waals surface area contributed by atoms with Gasteiger partial charge in [0.1, 0.15) is 18.0 Å². The Balaban J connectivity index is 2.00. The fraction of sp³-hybridized carbons (Fsp3) is 0.619. The predicted molar refractivity (Wildman–Crippen MR) is 200 cm³/mol. The number of allylic oxidation sites excluding steroid dienone is 5. The fourth-order valence-corrected chi connectivity index (χ4v) is 7.54. The number of carbonyl (C=O) groups is 2. The SMILES string of the molecule is CO/C1=C\C(C)=C\[C@@H](C)[C@@H](O)[C@@H](C)C/C(C)=C/C=C/[C@H](OC)[C@@H]([C@@H](C)[C@@H](O)[C@H](C)[C@@]2(O)C[C@@H](C(=O)Oc3ccccc3)[C@H](C)[C@@H](C(C)C)O2)OC1=O. The van der Waals surface area contributed by atoms with Crippen LogP contribution in [0.5, 0.6) is 5.75 Å². The van der Waals surface area contributed by atoms with Gasteiger partial charge in [0, 0.05) is 31.3 Å². The van der Waals surface area contributed by atoms with Crippen molar-refractivity contribution in [3.63, 3.8) is 0 Å². The number of aliphatic hydroxyl groups excluding tert-OH is 2. The lowest BCUT2D eigenvalue weighted by atomic mass is 9.72. The van der Waals surface area contributed by atoms with E-state index in [9.17, 15) is 24.9 Å². The molecule has 2 aliphatic heterocycles. The highest BCUT2D eigenvalue weighted by molar-refractivity contribution is 5.87. The van der Waals surface area contributed by atoms with E-state index in [0.29, 0.717) is 17.7 Å². The molecule has 2 heterocycles. The van der Waals surface area contributed by atoms with Gasteiger partial charge in [0.15, 0.2) is 5.79 Å². The molecular formula is C42H62O10. The van der Waals surface area contributed by atoms with Crippen molar-refractivity contribution in [1.82, 2.24) is 0 Å². The van der Waals surface area contributed by atoms with Crippen LogP contribution in [0.2, 0.25) is 0 Å². The maximum Gasteiger partial charge on any atom is 0.373 e. The molecule has 0 aromatic heterocycles. The Morgan fingerprint density at radius 1 is 1.02 bits per heavy atom. The van der Waals surface area contributed by atoms with E-state index in [-0.39, 0.29) is 35.9 Å². The predicted octanol–water partition coefficient (Wildman–Crippen LogP) is 6.55. The van der Waals surface area contributed by atoms with Crippen LogP contribution in [0.1, 0.15) is 75.2 Å². The van der Waals surface area contributed by atoms with Crippen LogP contribution in [0, 0.1) is 41.4 Å². The van der Waals surface area contributed by atoms with Gasteiger partial charge in [-0.3, -0.25) is 4.79 Å². The second-order valence-electron chi connectivity index (χ2n) is 15.3. The van der Waals surface area contributed by atoms with E-state index in [1.807, 2.05) is 72.8 Å².